The van der Waals surface area contributed by atoms with E-state index in [-0.39, 0.29) is 5.69 Å². The van der Waals surface area contributed by atoms with E-state index in [4.69, 9.17) is 0 Å². The number of urea groups is 1. The van der Waals surface area contributed by atoms with Crippen LogP contribution in [-0.4, -0.2) is 12.6 Å². The molecule has 0 saturated heterocycles. The minimum Gasteiger partial charge on any atom is -0.338 e. The van der Waals surface area contributed by atoms with E-state index in [9.17, 15) is 13.6 Å². The van der Waals surface area contributed by atoms with Crippen molar-refractivity contribution < 1.29 is 13.6 Å². The number of amides is 2. The summed E-state index contributed by atoms with van der Waals surface area (Å²) < 4.78 is 26.3. The summed E-state index contributed by atoms with van der Waals surface area (Å²) in [6.07, 6.45) is 22.1. The maximum absolute atomic E-state index is 13.5. The Hall–Kier alpha value is -1.91. The Morgan fingerprint density at radius 3 is 2.00 bits per heavy atom. The van der Waals surface area contributed by atoms with Crippen molar-refractivity contribution >= 4 is 11.7 Å². The molecule has 0 fully saturated rings. The lowest BCUT2D eigenvalue weighted by atomic mass is 10.1. The van der Waals surface area contributed by atoms with Crippen LogP contribution in [0.3, 0.4) is 0 Å². The van der Waals surface area contributed by atoms with E-state index >= 15 is 0 Å². The van der Waals surface area contributed by atoms with Crippen molar-refractivity contribution in [1.29, 1.82) is 0 Å². The van der Waals surface area contributed by atoms with Crippen LogP contribution in [0.1, 0.15) is 96.8 Å². The molecule has 0 heterocycles. The highest BCUT2D eigenvalue weighted by Gasteiger charge is 2.07. The smallest absolute Gasteiger partial charge is 0.319 e. The molecule has 1 rings (SSSR count). The Bertz CT molecular complexity index is 605. The molecule has 0 bridgehead atoms. The second kappa shape index (κ2) is 17.9. The first-order chi connectivity index (χ1) is 14.6. The fraction of sp³-hybridized carbons (Fsp3) is 0.640. The Balaban J connectivity index is 1.87. The molecule has 0 aliphatic rings. The van der Waals surface area contributed by atoms with Crippen molar-refractivity contribution in [1.82, 2.24) is 5.32 Å². The van der Waals surface area contributed by atoms with Gasteiger partial charge in [-0.15, -0.1) is 0 Å². The van der Waals surface area contributed by atoms with Crippen LogP contribution in [0.15, 0.2) is 30.4 Å². The zero-order valence-electron chi connectivity index (χ0n) is 18.7. The van der Waals surface area contributed by atoms with Gasteiger partial charge in [-0.05, 0) is 44.2 Å². The lowest BCUT2D eigenvalue weighted by Gasteiger charge is -2.08. The van der Waals surface area contributed by atoms with Crippen LogP contribution in [-0.2, 0) is 0 Å². The van der Waals surface area contributed by atoms with Crippen molar-refractivity contribution in [2.75, 3.05) is 11.9 Å². The summed E-state index contributed by atoms with van der Waals surface area (Å²) in [5, 5.41) is 5.10. The molecule has 1 aromatic carbocycles. The quantitative estimate of drug-likeness (QED) is 0.193. The molecule has 0 saturated carbocycles. The molecule has 5 heteroatoms. The average molecular weight is 423 g/mol. The number of hydrogen-bond acceptors (Lipinski definition) is 1. The first-order valence-corrected chi connectivity index (χ1v) is 11.8. The predicted molar refractivity (Wildman–Crippen MR) is 123 cm³/mol. The molecular formula is C25H40F2N2O. The van der Waals surface area contributed by atoms with Gasteiger partial charge in [-0.25, -0.2) is 13.6 Å². The summed E-state index contributed by atoms with van der Waals surface area (Å²) in [4.78, 5) is 11.7. The molecule has 170 valence electrons. The third-order valence-electron chi connectivity index (χ3n) is 5.15. The minimum atomic E-state index is -0.776. The number of halogens is 2. The Morgan fingerprint density at radius 1 is 0.833 bits per heavy atom. The van der Waals surface area contributed by atoms with Crippen molar-refractivity contribution in [3.05, 3.63) is 42.0 Å². The zero-order chi connectivity index (χ0) is 21.9. The van der Waals surface area contributed by atoms with E-state index in [1.807, 2.05) is 0 Å². The van der Waals surface area contributed by atoms with Gasteiger partial charge in [0, 0.05) is 12.6 Å². The van der Waals surface area contributed by atoms with E-state index < -0.39 is 17.7 Å². The minimum absolute atomic E-state index is 0.0186. The van der Waals surface area contributed by atoms with Gasteiger partial charge in [0.05, 0.1) is 5.69 Å². The molecule has 1 aromatic rings. The molecule has 0 aliphatic heterocycles. The van der Waals surface area contributed by atoms with Crippen LogP contribution in [0.25, 0.3) is 0 Å². The molecule has 0 radical (unpaired) electrons. The van der Waals surface area contributed by atoms with Gasteiger partial charge < -0.3 is 10.6 Å². The lowest BCUT2D eigenvalue weighted by molar-refractivity contribution is 0.251. The van der Waals surface area contributed by atoms with E-state index in [0.717, 1.165) is 31.4 Å². The first-order valence-electron chi connectivity index (χ1n) is 11.8. The van der Waals surface area contributed by atoms with E-state index in [2.05, 4.69) is 29.7 Å². The van der Waals surface area contributed by atoms with Crippen LogP contribution in [0.4, 0.5) is 19.3 Å². The molecule has 2 amide bonds. The number of nitrogens with one attached hydrogen (secondary N) is 2. The highest BCUT2D eigenvalue weighted by molar-refractivity contribution is 5.89. The molecule has 0 unspecified atom stereocenters. The highest BCUT2D eigenvalue weighted by Crippen LogP contribution is 2.14. The number of rotatable bonds is 17. The van der Waals surface area contributed by atoms with Gasteiger partial charge in [-0.2, -0.15) is 0 Å². The molecule has 0 spiro atoms. The maximum atomic E-state index is 13.5. The fourth-order valence-electron chi connectivity index (χ4n) is 3.33. The van der Waals surface area contributed by atoms with Gasteiger partial charge in [0.1, 0.15) is 11.6 Å². The van der Waals surface area contributed by atoms with Gasteiger partial charge in [-0.3, -0.25) is 0 Å². The molecule has 0 atom stereocenters. The first kappa shape index (κ1) is 26.1. The van der Waals surface area contributed by atoms with Crippen molar-refractivity contribution in [2.45, 2.75) is 96.8 Å². The fourth-order valence-corrected chi connectivity index (χ4v) is 3.33. The van der Waals surface area contributed by atoms with Crippen molar-refractivity contribution in [3.63, 3.8) is 0 Å². The predicted octanol–water partition coefficient (Wildman–Crippen LogP) is 8.12. The number of allylic oxidation sites excluding steroid dienone is 2. The van der Waals surface area contributed by atoms with Crippen LogP contribution >= 0.6 is 0 Å². The van der Waals surface area contributed by atoms with E-state index in [1.165, 1.54) is 76.7 Å². The third-order valence-corrected chi connectivity index (χ3v) is 5.15. The number of carbonyl (C=O) groups is 1. The molecule has 0 aromatic heterocycles. The Labute approximate surface area is 181 Å². The summed E-state index contributed by atoms with van der Waals surface area (Å²) in [6.45, 7) is 2.81. The summed E-state index contributed by atoms with van der Waals surface area (Å²) in [7, 11) is 0. The average Bonchev–Trinajstić information content (AvgIpc) is 2.72. The number of unbranched alkanes of at least 4 members (excludes halogenated alkanes) is 12. The van der Waals surface area contributed by atoms with Gasteiger partial charge in [0.15, 0.2) is 0 Å². The van der Waals surface area contributed by atoms with Crippen LogP contribution in [0.2, 0.25) is 0 Å². The van der Waals surface area contributed by atoms with Crippen LogP contribution in [0, 0.1) is 11.6 Å². The zero-order valence-corrected chi connectivity index (χ0v) is 18.7. The summed E-state index contributed by atoms with van der Waals surface area (Å²) in [5.41, 5.74) is -0.0186. The largest absolute Gasteiger partial charge is 0.338 e. The third kappa shape index (κ3) is 14.1. The van der Waals surface area contributed by atoms with Gasteiger partial charge in [-0.1, -0.05) is 76.9 Å². The summed E-state index contributed by atoms with van der Waals surface area (Å²) in [5.74, 6) is -1.44. The molecule has 3 nitrogen and oxygen atoms in total. The molecular weight excluding hydrogens is 382 g/mol. The normalized spacial score (nSPS) is 11.2. The Kier molecular flexibility index (Phi) is 15.6. The van der Waals surface area contributed by atoms with Crippen molar-refractivity contribution in [2.24, 2.45) is 0 Å². The van der Waals surface area contributed by atoms with Crippen molar-refractivity contribution in [3.8, 4) is 0 Å². The van der Waals surface area contributed by atoms with Gasteiger partial charge in [0.2, 0.25) is 0 Å². The monoisotopic (exact) mass is 422 g/mol. The van der Waals surface area contributed by atoms with Gasteiger partial charge in [0.25, 0.3) is 0 Å². The van der Waals surface area contributed by atoms with Gasteiger partial charge >= 0.3 is 6.03 Å². The molecule has 2 N–H and O–H groups in total. The maximum Gasteiger partial charge on any atom is 0.319 e. The molecule has 30 heavy (non-hydrogen) atoms. The molecule has 0 aliphatic carbocycles. The lowest BCUT2D eigenvalue weighted by Crippen LogP contribution is -2.29. The summed E-state index contributed by atoms with van der Waals surface area (Å²) in [6, 6.07) is 2.62. The highest BCUT2D eigenvalue weighted by atomic mass is 19.1. The van der Waals surface area contributed by atoms with Crippen LogP contribution in [0.5, 0.6) is 0 Å². The number of anilines is 1. The number of carbonyl (C=O) groups excluding carboxylic acids is 1. The standard InChI is InChI=1S/C25H40F2N2O/c1-2-3-4-5-6-7-8-9-10-11-12-13-14-15-16-17-20-28-25(30)29-24-19-18-22(26)21-23(24)27/h9-10,18-19,21H,2-8,11-17,20H2,1H3,(H2,28,29,30)/b10-9-. The number of hydrogen-bond donors (Lipinski definition) is 2. The Morgan fingerprint density at radius 2 is 1.40 bits per heavy atom. The second-order valence-corrected chi connectivity index (χ2v) is 7.94. The van der Waals surface area contributed by atoms with E-state index in [0.29, 0.717) is 6.54 Å². The summed E-state index contributed by atoms with van der Waals surface area (Å²) >= 11 is 0. The number of benzene rings is 1. The second-order valence-electron chi connectivity index (χ2n) is 7.94. The van der Waals surface area contributed by atoms with Crippen LogP contribution < -0.4 is 10.6 Å². The van der Waals surface area contributed by atoms with E-state index in [1.54, 1.807) is 0 Å². The topological polar surface area (TPSA) is 41.1 Å². The SMILES string of the molecule is CCCCCCCC/C=C\CCCCCCCCNC(=O)Nc1ccc(F)cc1F.